The van der Waals surface area contributed by atoms with E-state index < -0.39 is 45.2 Å². The lowest BCUT2D eigenvalue weighted by atomic mass is 9.80. The van der Waals surface area contributed by atoms with Crippen molar-refractivity contribution in [2.75, 3.05) is 0 Å². The van der Waals surface area contributed by atoms with E-state index in [2.05, 4.69) is 65.1 Å². The predicted octanol–water partition coefficient (Wildman–Crippen LogP) is 25.3. The first-order valence-electron chi connectivity index (χ1n) is 40.0. The van der Waals surface area contributed by atoms with Gasteiger partial charge in [-0.15, -0.1) is 0 Å². The van der Waals surface area contributed by atoms with Gasteiger partial charge in [-0.3, -0.25) is 0 Å². The Hall–Kier alpha value is -17.5. The summed E-state index contributed by atoms with van der Waals surface area (Å²) in [5.74, 6) is -1.36. The van der Waals surface area contributed by atoms with Crippen LogP contribution < -0.4 is 0 Å². The van der Waals surface area contributed by atoms with E-state index in [1.807, 2.05) is 162 Å². The number of hydrogen-bond donors (Lipinski definition) is 0. The van der Waals surface area contributed by atoms with Crippen molar-refractivity contribution < 1.29 is 37.2 Å². The van der Waals surface area contributed by atoms with Gasteiger partial charge in [-0.25, -0.2) is 74.3 Å². The van der Waals surface area contributed by atoms with E-state index in [4.69, 9.17) is 136 Å². The highest BCUT2D eigenvalue weighted by atomic mass is 35.5. The standard InChI is InChI=1S/C21H11N3O.C20H19N3O.C16H8Cl3N3O.C16H9F2N3O.C16H11N3O.C14H13N3O/c1-13-16(11-22)20(19(12-23)24-2)25-21(13)17-9-5-3-7-14(17)15-8-4-6-10-18(15)21;1-5-6-7-15-8-10-16(11-9-15)20(3)14(2)17(12-21)19(24-20)18(13-22)23-4;1-8-9(6-20)15(12(7-21)22-3)23-16(8,2)10-4-5-11(17)14(19)13(10)18;1-9-11(7-19)15(14(8-20)21-3)22-16(9,2)12-5-4-10(17)6-13(12)18;1-11-13(9-17)15(14(10-18)19-3)20-16(11,2)12-7-5-4-6-8-12;1-10-12(17-3)13(11(9-15)16-2)18-14(10)7-5-4-6-8-14/h3-10H,1H3;8-11H,5-7H2,1-3H3;4-5H,1-2H3;4-6H,1-2H3;4-8H,1-2H3;4-8H2,1H3/b20-19-;19-18-;15-12-;2*15-14-;13-11+. The molecular weight excluding hydrogens is 1730 g/mol. The zero-order chi connectivity index (χ0) is 97.1. The Kier molecular flexibility index (Phi) is 30.8. The first-order valence-corrected chi connectivity index (χ1v) is 41.2. The van der Waals surface area contributed by atoms with Gasteiger partial charge in [0, 0.05) is 28.3 Å². The zero-order valence-electron chi connectivity index (χ0n) is 72.7. The van der Waals surface area contributed by atoms with Gasteiger partial charge in [-0.2, -0.15) is 26.3 Å². The molecule has 0 N–H and O–H groups in total. The molecule has 644 valence electrons. The summed E-state index contributed by atoms with van der Waals surface area (Å²) in [5.41, 5.74) is 5.82. The van der Waals surface area contributed by atoms with E-state index in [-0.39, 0.29) is 112 Å². The molecule has 0 radical (unpaired) electrons. The monoisotopic (exact) mass is 1800 g/mol. The van der Waals surface area contributed by atoms with Gasteiger partial charge in [-0.1, -0.05) is 164 Å². The Morgan fingerprint density at radius 2 is 0.735 bits per heavy atom. The van der Waals surface area contributed by atoms with Crippen LogP contribution in [-0.4, -0.2) is 5.60 Å². The van der Waals surface area contributed by atoms with Crippen LogP contribution in [0.3, 0.4) is 0 Å². The second-order valence-electron chi connectivity index (χ2n) is 30.6. The van der Waals surface area contributed by atoms with Crippen LogP contribution in [0, 0.1) is 182 Å². The van der Waals surface area contributed by atoms with Crippen LogP contribution in [0.5, 0.6) is 0 Å². The predicted molar refractivity (Wildman–Crippen MR) is 480 cm³/mol. The molecule has 2 aliphatic carbocycles. The van der Waals surface area contributed by atoms with Crippen LogP contribution in [0.1, 0.15) is 160 Å². The topological polar surface area (TPSA) is 348 Å². The van der Waals surface area contributed by atoms with Crippen molar-refractivity contribution in [1.29, 1.82) is 57.9 Å². The zero-order valence-corrected chi connectivity index (χ0v) is 75.0. The molecule has 24 nitrogen and oxygen atoms in total. The number of benzene rings is 6. The average molecular weight is 1800 g/mol. The Morgan fingerprint density at radius 1 is 0.379 bits per heavy atom. The summed E-state index contributed by atoms with van der Waals surface area (Å²) in [6, 6.07) is 60.3. The van der Waals surface area contributed by atoms with Crippen molar-refractivity contribution in [2.45, 2.75) is 161 Å². The fourth-order valence-corrected chi connectivity index (χ4v) is 16.8. The molecular formula is C103H71Cl3F2N18O6. The van der Waals surface area contributed by atoms with Crippen molar-refractivity contribution in [3.05, 3.63) is 415 Å². The van der Waals surface area contributed by atoms with E-state index in [1.165, 1.54) is 25.0 Å². The first kappa shape index (κ1) is 98.3. The average Bonchev–Trinajstić information content (AvgIpc) is 1.53. The molecule has 6 aromatic carbocycles. The van der Waals surface area contributed by atoms with E-state index in [1.54, 1.807) is 58.0 Å². The number of hydrogen-bond acceptors (Lipinski definition) is 17. The minimum absolute atomic E-state index is 0.0128. The van der Waals surface area contributed by atoms with Crippen LogP contribution in [0.4, 0.5) is 8.78 Å². The molecule has 8 aliphatic rings. The maximum Gasteiger partial charge on any atom is 0.304 e. The highest BCUT2D eigenvalue weighted by Crippen LogP contribution is 2.60. The van der Waals surface area contributed by atoms with E-state index in [0.717, 1.165) is 95.5 Å². The fourth-order valence-electron chi connectivity index (χ4n) is 16.1. The third kappa shape index (κ3) is 17.8. The van der Waals surface area contributed by atoms with Gasteiger partial charge in [0.1, 0.15) is 53.3 Å². The number of rotatable bonds is 7. The molecule has 6 heterocycles. The summed E-state index contributed by atoms with van der Waals surface area (Å²) < 4.78 is 62.6. The van der Waals surface area contributed by atoms with Crippen LogP contribution in [-0.2, 0) is 62.8 Å². The summed E-state index contributed by atoms with van der Waals surface area (Å²) >= 11 is 18.3. The van der Waals surface area contributed by atoms with Gasteiger partial charge in [0.25, 0.3) is 5.70 Å². The van der Waals surface area contributed by atoms with Gasteiger partial charge in [0.2, 0.25) is 5.70 Å². The molecule has 0 amide bonds. The summed E-state index contributed by atoms with van der Waals surface area (Å²) in [5, 5.41) is 102. The SMILES string of the molecule is [C-]#[N+]/C(C#N)=C1\OC(C)(c2ccc(CCCC)cc2)C(C)=C1C#N.[C-]#[N+]/C(C#N)=C1\OC(C)(c2ccc(Cl)c(Cl)c2Cl)C(C)=C1C#N.[C-]#[N+]/C(C#N)=C1\OC(C)(c2ccc(F)cc2F)C(C)=C1C#N.[C-]#[N+]/C(C#N)=C1\OC(C)(c2ccccc2)C(C)=C1C#N.[C-]#[N+]/C(C#N)=C1\OC2(C(C)=C1C#N)c1ccccc1-c1ccccc12.[C-]#[N+]C1=C(C)C2(CCCCC2)O/C1=C(\C#N)[N+]#[C-]. The molecule has 0 saturated heterocycles. The summed E-state index contributed by atoms with van der Waals surface area (Å²) in [6.07, 6.45) is 8.39. The van der Waals surface area contributed by atoms with Crippen LogP contribution >= 0.6 is 34.8 Å². The number of halogens is 5. The third-order valence-electron chi connectivity index (χ3n) is 23.9. The number of allylic oxidation sites excluding steroid dienone is 11. The van der Waals surface area contributed by atoms with Gasteiger partial charge in [0.05, 0.1) is 125 Å². The maximum absolute atomic E-state index is 14.1. The number of ether oxygens (including phenoxy) is 6. The molecule has 6 aromatic rings. The molecule has 4 unspecified atom stereocenters. The molecule has 0 bridgehead atoms. The van der Waals surface area contributed by atoms with Crippen molar-refractivity contribution in [3.8, 4) is 77.9 Å². The Labute approximate surface area is 778 Å². The molecule has 0 aromatic heterocycles. The normalized spacial score (nSPS) is 21.7. The molecule has 4 atom stereocenters. The second-order valence-corrected chi connectivity index (χ2v) is 31.8. The smallest absolute Gasteiger partial charge is 0.304 e. The molecule has 1 saturated carbocycles. The van der Waals surface area contributed by atoms with Crippen LogP contribution in [0.2, 0.25) is 15.1 Å². The number of nitrogens with zero attached hydrogens (tertiary/aromatic N) is 18. The summed E-state index contributed by atoms with van der Waals surface area (Å²) in [6.45, 7) is 69.3. The van der Waals surface area contributed by atoms with E-state index >= 15 is 0 Å². The van der Waals surface area contributed by atoms with Crippen molar-refractivity contribution in [1.82, 2.24) is 0 Å². The molecule has 6 aliphatic heterocycles. The molecule has 2 spiro atoms. The first-order chi connectivity index (χ1) is 63.1. The minimum atomic E-state index is -1.38. The lowest BCUT2D eigenvalue weighted by Gasteiger charge is -2.35. The Bertz CT molecular complexity index is 7050. The maximum atomic E-state index is 14.1. The van der Waals surface area contributed by atoms with Gasteiger partial charge < -0.3 is 28.4 Å². The lowest BCUT2D eigenvalue weighted by molar-refractivity contribution is 0.0232. The van der Waals surface area contributed by atoms with Crippen molar-refractivity contribution >= 4 is 34.8 Å². The minimum Gasteiger partial charge on any atom is -0.505 e. The summed E-state index contributed by atoms with van der Waals surface area (Å²) in [4.78, 5) is 22.3. The molecule has 1 fully saturated rings. The molecule has 29 heteroatoms. The Morgan fingerprint density at radius 3 is 1.12 bits per heavy atom. The lowest BCUT2D eigenvalue weighted by Crippen LogP contribution is -2.32. The quantitative estimate of drug-likeness (QED) is 0.0814. The fraction of sp³-hybridized carbons (Fsp3) is 0.243. The van der Waals surface area contributed by atoms with E-state index in [0.29, 0.717) is 44.6 Å². The number of aryl methyl sites for hydroxylation is 1. The largest absolute Gasteiger partial charge is 0.505 e. The van der Waals surface area contributed by atoms with E-state index in [9.17, 15) is 40.4 Å². The van der Waals surface area contributed by atoms with Crippen LogP contribution in [0.15, 0.2) is 269 Å². The molecule has 14 rings (SSSR count). The number of unbranched alkanes of at least 4 members (excludes halogenated alkanes) is 1. The number of fused-ring (bicyclic) bond motifs is 5. The van der Waals surface area contributed by atoms with Gasteiger partial charge in [0.15, 0.2) is 56.8 Å². The van der Waals surface area contributed by atoms with Gasteiger partial charge in [-0.05, 0) is 187 Å². The van der Waals surface area contributed by atoms with Crippen molar-refractivity contribution in [3.63, 3.8) is 0 Å². The third-order valence-corrected chi connectivity index (χ3v) is 25.2. The Balaban J connectivity index is 0.000000179. The summed E-state index contributed by atoms with van der Waals surface area (Å²) in [7, 11) is 0. The van der Waals surface area contributed by atoms with Crippen LogP contribution in [0.25, 0.3) is 45.0 Å². The highest BCUT2D eigenvalue weighted by Gasteiger charge is 2.54. The highest BCUT2D eigenvalue weighted by molar-refractivity contribution is 6.48. The van der Waals surface area contributed by atoms with Crippen molar-refractivity contribution in [2.24, 2.45) is 0 Å². The number of nitriles is 11. The van der Waals surface area contributed by atoms with Gasteiger partial charge >= 0.3 is 28.5 Å². The molecule has 132 heavy (non-hydrogen) atoms. The second kappa shape index (κ2) is 41.3.